The van der Waals surface area contributed by atoms with E-state index >= 15 is 0 Å². The number of rotatable bonds is 4. The maximum atomic E-state index is 8.55. The summed E-state index contributed by atoms with van der Waals surface area (Å²) in [6.45, 7) is 6.12. The van der Waals surface area contributed by atoms with E-state index in [4.69, 9.17) is 5.26 Å². The van der Waals surface area contributed by atoms with Crippen LogP contribution in [0.1, 0.15) is 12.1 Å². The Hall–Kier alpha value is -1.44. The van der Waals surface area contributed by atoms with Crippen molar-refractivity contribution in [2.24, 2.45) is 0 Å². The molecular weight excluding hydrogens is 212 g/mol. The number of nitrogens with zero attached hydrogens (tertiary/aromatic N) is 4. The highest BCUT2D eigenvalue weighted by molar-refractivity contribution is 5.03. The molecule has 0 bridgehead atoms. The molecule has 0 aliphatic carbocycles. The third-order valence-corrected chi connectivity index (χ3v) is 3.12. The molecule has 0 amide bonds. The second-order valence-corrected chi connectivity index (χ2v) is 4.35. The van der Waals surface area contributed by atoms with Crippen LogP contribution in [-0.2, 0) is 6.54 Å². The first-order valence-corrected chi connectivity index (χ1v) is 6.10. The number of nitriles is 1. The molecule has 2 rings (SSSR count). The van der Waals surface area contributed by atoms with E-state index in [1.165, 1.54) is 0 Å². The molecule has 17 heavy (non-hydrogen) atoms. The summed E-state index contributed by atoms with van der Waals surface area (Å²) in [4.78, 5) is 9.12. The van der Waals surface area contributed by atoms with Crippen LogP contribution in [0.3, 0.4) is 0 Å². The second-order valence-electron chi connectivity index (χ2n) is 4.35. The summed E-state index contributed by atoms with van der Waals surface area (Å²) in [6.07, 6.45) is 2.48. The monoisotopic (exact) mass is 230 g/mol. The van der Waals surface area contributed by atoms with Crippen molar-refractivity contribution in [1.82, 2.24) is 14.8 Å². The lowest BCUT2D eigenvalue weighted by Crippen LogP contribution is -2.46. The van der Waals surface area contributed by atoms with Crippen molar-refractivity contribution in [3.8, 4) is 6.07 Å². The molecule has 0 atom stereocenters. The average molecular weight is 230 g/mol. The Morgan fingerprint density at radius 3 is 2.59 bits per heavy atom. The molecule has 0 saturated carbocycles. The van der Waals surface area contributed by atoms with Crippen LogP contribution in [0.2, 0.25) is 0 Å². The fourth-order valence-electron chi connectivity index (χ4n) is 2.10. The average Bonchev–Trinajstić information content (AvgIpc) is 2.39. The Balaban J connectivity index is 1.74. The molecule has 1 saturated heterocycles. The first-order chi connectivity index (χ1) is 8.38. The first kappa shape index (κ1) is 12.0. The van der Waals surface area contributed by atoms with Crippen molar-refractivity contribution in [3.63, 3.8) is 0 Å². The maximum absolute atomic E-state index is 8.55. The Bertz CT molecular complexity index is 363. The van der Waals surface area contributed by atoms with Crippen molar-refractivity contribution in [2.45, 2.75) is 13.0 Å². The van der Waals surface area contributed by atoms with Crippen molar-refractivity contribution in [2.75, 3.05) is 32.7 Å². The fraction of sp³-hybridized carbons (Fsp3) is 0.538. The van der Waals surface area contributed by atoms with Crippen LogP contribution >= 0.6 is 0 Å². The van der Waals surface area contributed by atoms with Gasteiger partial charge in [0.2, 0.25) is 0 Å². The molecule has 2 heterocycles. The predicted molar refractivity (Wildman–Crippen MR) is 66.2 cm³/mol. The van der Waals surface area contributed by atoms with Gasteiger partial charge in [0.05, 0.1) is 11.8 Å². The zero-order valence-electron chi connectivity index (χ0n) is 10.0. The van der Waals surface area contributed by atoms with Crippen LogP contribution < -0.4 is 0 Å². The summed E-state index contributed by atoms with van der Waals surface area (Å²) in [6, 6.07) is 8.25. The van der Waals surface area contributed by atoms with Gasteiger partial charge in [0, 0.05) is 51.9 Å². The van der Waals surface area contributed by atoms with Gasteiger partial charge in [0.25, 0.3) is 0 Å². The summed E-state index contributed by atoms with van der Waals surface area (Å²) in [5, 5.41) is 8.55. The van der Waals surface area contributed by atoms with Gasteiger partial charge >= 0.3 is 0 Å². The smallest absolute Gasteiger partial charge is 0.0635 e. The quantitative estimate of drug-likeness (QED) is 0.777. The highest BCUT2D eigenvalue weighted by Crippen LogP contribution is 2.06. The first-order valence-electron chi connectivity index (χ1n) is 6.10. The molecule has 1 aliphatic heterocycles. The van der Waals surface area contributed by atoms with E-state index in [-0.39, 0.29) is 0 Å². The molecule has 1 aliphatic rings. The predicted octanol–water partition coefficient (Wildman–Crippen LogP) is 1.11. The Morgan fingerprint density at radius 1 is 1.18 bits per heavy atom. The molecular formula is C13H18N4. The molecule has 0 N–H and O–H groups in total. The molecule has 0 radical (unpaired) electrons. The zero-order valence-corrected chi connectivity index (χ0v) is 10.0. The van der Waals surface area contributed by atoms with E-state index in [1.807, 2.05) is 18.3 Å². The van der Waals surface area contributed by atoms with Crippen LogP contribution in [-0.4, -0.2) is 47.5 Å². The van der Waals surface area contributed by atoms with E-state index in [9.17, 15) is 0 Å². The molecule has 1 aromatic rings. The molecule has 0 spiro atoms. The van der Waals surface area contributed by atoms with E-state index in [0.29, 0.717) is 6.42 Å². The Labute approximate surface area is 102 Å². The van der Waals surface area contributed by atoms with Gasteiger partial charge in [-0.1, -0.05) is 6.07 Å². The van der Waals surface area contributed by atoms with Crippen molar-refractivity contribution < 1.29 is 0 Å². The third kappa shape index (κ3) is 3.81. The van der Waals surface area contributed by atoms with E-state index in [0.717, 1.165) is 45.0 Å². The lowest BCUT2D eigenvalue weighted by Gasteiger charge is -2.34. The minimum absolute atomic E-state index is 0.639. The molecule has 0 aromatic carbocycles. The summed E-state index contributed by atoms with van der Waals surface area (Å²) in [5.41, 5.74) is 1.14. The third-order valence-electron chi connectivity index (χ3n) is 3.12. The summed E-state index contributed by atoms with van der Waals surface area (Å²) >= 11 is 0. The van der Waals surface area contributed by atoms with Crippen LogP contribution in [0.15, 0.2) is 24.4 Å². The largest absolute Gasteiger partial charge is 0.300 e. The maximum Gasteiger partial charge on any atom is 0.0635 e. The van der Waals surface area contributed by atoms with Gasteiger partial charge in [-0.05, 0) is 12.1 Å². The lowest BCUT2D eigenvalue weighted by atomic mass is 10.2. The molecule has 0 unspecified atom stereocenters. The highest BCUT2D eigenvalue weighted by Gasteiger charge is 2.16. The minimum Gasteiger partial charge on any atom is -0.300 e. The van der Waals surface area contributed by atoms with Crippen LogP contribution in [0, 0.1) is 11.3 Å². The molecule has 4 heteroatoms. The number of hydrogen-bond acceptors (Lipinski definition) is 4. The van der Waals surface area contributed by atoms with Gasteiger partial charge in [0.15, 0.2) is 0 Å². The number of hydrogen-bond donors (Lipinski definition) is 0. The SMILES string of the molecule is N#CCCN1CCN(Cc2ccccn2)CC1. The van der Waals surface area contributed by atoms with Gasteiger partial charge in [-0.25, -0.2) is 0 Å². The fourth-order valence-corrected chi connectivity index (χ4v) is 2.10. The summed E-state index contributed by atoms with van der Waals surface area (Å²) in [5.74, 6) is 0. The van der Waals surface area contributed by atoms with Crippen LogP contribution in [0.25, 0.3) is 0 Å². The number of pyridine rings is 1. The zero-order chi connectivity index (χ0) is 11.9. The van der Waals surface area contributed by atoms with Crippen molar-refractivity contribution >= 4 is 0 Å². The lowest BCUT2D eigenvalue weighted by molar-refractivity contribution is 0.128. The van der Waals surface area contributed by atoms with Gasteiger partial charge < -0.3 is 0 Å². The Morgan fingerprint density at radius 2 is 1.94 bits per heavy atom. The van der Waals surface area contributed by atoms with E-state index in [2.05, 4.69) is 26.9 Å². The van der Waals surface area contributed by atoms with E-state index in [1.54, 1.807) is 0 Å². The van der Waals surface area contributed by atoms with Gasteiger partial charge in [0.1, 0.15) is 0 Å². The second kappa shape index (κ2) is 6.33. The van der Waals surface area contributed by atoms with E-state index < -0.39 is 0 Å². The van der Waals surface area contributed by atoms with Crippen molar-refractivity contribution in [3.05, 3.63) is 30.1 Å². The van der Waals surface area contributed by atoms with Gasteiger partial charge in [-0.15, -0.1) is 0 Å². The topological polar surface area (TPSA) is 43.2 Å². The number of aromatic nitrogens is 1. The van der Waals surface area contributed by atoms with Crippen molar-refractivity contribution in [1.29, 1.82) is 5.26 Å². The van der Waals surface area contributed by atoms with Crippen LogP contribution in [0.4, 0.5) is 0 Å². The molecule has 4 nitrogen and oxygen atoms in total. The molecule has 90 valence electrons. The standard InChI is InChI=1S/C13H18N4/c14-5-3-7-16-8-10-17(11-9-16)12-13-4-1-2-6-15-13/h1-2,4,6H,3,7-12H2. The molecule has 1 aromatic heterocycles. The Kier molecular flexibility index (Phi) is 4.48. The summed E-state index contributed by atoms with van der Waals surface area (Å²) in [7, 11) is 0. The highest BCUT2D eigenvalue weighted by atomic mass is 15.3. The minimum atomic E-state index is 0.639. The van der Waals surface area contributed by atoms with Crippen LogP contribution in [0.5, 0.6) is 0 Å². The molecule has 1 fully saturated rings. The summed E-state index contributed by atoms with van der Waals surface area (Å²) < 4.78 is 0. The number of piperazine rings is 1. The normalized spacial score (nSPS) is 17.8. The van der Waals surface area contributed by atoms with Gasteiger partial charge in [-0.2, -0.15) is 5.26 Å². The van der Waals surface area contributed by atoms with Gasteiger partial charge in [-0.3, -0.25) is 14.8 Å².